The number of benzene rings is 1. The molecule has 1 rings (SSSR count). The number of ether oxygens (including phenoxy) is 1. The molecular weight excluding hydrogens is 217 g/mol. The van der Waals surface area contributed by atoms with Crippen molar-refractivity contribution in [3.63, 3.8) is 0 Å². The van der Waals surface area contributed by atoms with Gasteiger partial charge in [-0.05, 0) is 36.1 Å². The molecule has 0 aromatic heterocycles. The Morgan fingerprint density at radius 1 is 1.35 bits per heavy atom. The van der Waals surface area contributed by atoms with Gasteiger partial charge in [-0.25, -0.2) is 4.39 Å². The minimum Gasteiger partial charge on any atom is -0.494 e. The van der Waals surface area contributed by atoms with Crippen LogP contribution in [-0.2, 0) is 6.42 Å². The standard InChI is InChI=1S/C14H22FNO/c1-5-16-10-14(2,3)9-11-6-7-13(17-4)12(15)8-11/h6-8,16H,5,9-10H2,1-4H3. The first-order valence-electron chi connectivity index (χ1n) is 6.01. The van der Waals surface area contributed by atoms with Gasteiger partial charge in [0.25, 0.3) is 0 Å². The lowest BCUT2D eigenvalue weighted by atomic mass is 9.85. The molecule has 0 spiro atoms. The zero-order valence-corrected chi connectivity index (χ0v) is 11.1. The maximum Gasteiger partial charge on any atom is 0.165 e. The van der Waals surface area contributed by atoms with Crippen molar-refractivity contribution in [1.29, 1.82) is 0 Å². The van der Waals surface area contributed by atoms with Crippen molar-refractivity contribution in [3.05, 3.63) is 29.6 Å². The highest BCUT2D eigenvalue weighted by molar-refractivity contribution is 5.29. The summed E-state index contributed by atoms with van der Waals surface area (Å²) < 4.78 is 18.4. The highest BCUT2D eigenvalue weighted by Crippen LogP contribution is 2.24. The average molecular weight is 239 g/mol. The maximum absolute atomic E-state index is 13.5. The third-order valence-corrected chi connectivity index (χ3v) is 2.75. The van der Waals surface area contributed by atoms with Crippen molar-refractivity contribution in [2.45, 2.75) is 27.2 Å². The molecule has 17 heavy (non-hydrogen) atoms. The van der Waals surface area contributed by atoms with Crippen LogP contribution < -0.4 is 10.1 Å². The molecular formula is C14H22FNO. The zero-order chi connectivity index (χ0) is 12.9. The molecule has 0 saturated carbocycles. The number of nitrogens with one attached hydrogen (secondary N) is 1. The van der Waals surface area contributed by atoms with Crippen molar-refractivity contribution in [2.24, 2.45) is 5.41 Å². The lowest BCUT2D eigenvalue weighted by Gasteiger charge is -2.25. The molecule has 2 nitrogen and oxygen atoms in total. The van der Waals surface area contributed by atoms with E-state index in [4.69, 9.17) is 4.74 Å². The minimum atomic E-state index is -0.288. The molecule has 1 aromatic carbocycles. The molecule has 0 atom stereocenters. The second-order valence-corrected chi connectivity index (χ2v) is 5.09. The molecule has 0 aliphatic carbocycles. The zero-order valence-electron chi connectivity index (χ0n) is 11.1. The lowest BCUT2D eigenvalue weighted by molar-refractivity contribution is 0.340. The first-order chi connectivity index (χ1) is 7.98. The number of rotatable bonds is 6. The van der Waals surface area contributed by atoms with Gasteiger partial charge in [0, 0.05) is 6.54 Å². The molecule has 0 amide bonds. The van der Waals surface area contributed by atoms with E-state index in [-0.39, 0.29) is 11.2 Å². The van der Waals surface area contributed by atoms with E-state index in [0.29, 0.717) is 5.75 Å². The molecule has 0 radical (unpaired) electrons. The van der Waals surface area contributed by atoms with Crippen molar-refractivity contribution < 1.29 is 9.13 Å². The third-order valence-electron chi connectivity index (χ3n) is 2.75. The fourth-order valence-corrected chi connectivity index (χ4v) is 1.90. The number of halogens is 1. The predicted octanol–water partition coefficient (Wildman–Crippen LogP) is 3.01. The van der Waals surface area contributed by atoms with Gasteiger partial charge in [0.15, 0.2) is 11.6 Å². The van der Waals surface area contributed by atoms with Crippen molar-refractivity contribution in [3.8, 4) is 5.75 Å². The van der Waals surface area contributed by atoms with Gasteiger partial charge in [-0.1, -0.05) is 26.8 Å². The fourth-order valence-electron chi connectivity index (χ4n) is 1.90. The second kappa shape index (κ2) is 6.01. The molecule has 0 saturated heterocycles. The number of hydrogen-bond acceptors (Lipinski definition) is 2. The largest absolute Gasteiger partial charge is 0.494 e. The highest BCUT2D eigenvalue weighted by Gasteiger charge is 2.18. The van der Waals surface area contributed by atoms with E-state index in [9.17, 15) is 4.39 Å². The molecule has 3 heteroatoms. The van der Waals surface area contributed by atoms with Gasteiger partial charge in [0.1, 0.15) is 0 Å². The molecule has 0 unspecified atom stereocenters. The summed E-state index contributed by atoms with van der Waals surface area (Å²) in [6.45, 7) is 8.33. The third kappa shape index (κ3) is 4.35. The van der Waals surface area contributed by atoms with E-state index in [1.807, 2.05) is 6.07 Å². The molecule has 0 heterocycles. The van der Waals surface area contributed by atoms with E-state index in [0.717, 1.165) is 25.1 Å². The van der Waals surface area contributed by atoms with Gasteiger partial charge >= 0.3 is 0 Å². The first-order valence-corrected chi connectivity index (χ1v) is 6.01. The quantitative estimate of drug-likeness (QED) is 0.824. The van der Waals surface area contributed by atoms with Gasteiger partial charge in [0.05, 0.1) is 7.11 Å². The Hall–Kier alpha value is -1.09. The Kier molecular flexibility index (Phi) is 4.94. The molecule has 1 N–H and O–H groups in total. The molecule has 0 fully saturated rings. The fraction of sp³-hybridized carbons (Fsp3) is 0.571. The molecule has 0 bridgehead atoms. The van der Waals surface area contributed by atoms with Crippen LogP contribution in [0.25, 0.3) is 0 Å². The van der Waals surface area contributed by atoms with E-state index >= 15 is 0 Å². The van der Waals surface area contributed by atoms with Crippen LogP contribution in [0.4, 0.5) is 4.39 Å². The summed E-state index contributed by atoms with van der Waals surface area (Å²) in [6, 6.07) is 5.18. The Morgan fingerprint density at radius 3 is 2.59 bits per heavy atom. The normalized spacial score (nSPS) is 11.6. The van der Waals surface area contributed by atoms with Gasteiger partial charge in [-0.15, -0.1) is 0 Å². The monoisotopic (exact) mass is 239 g/mol. The van der Waals surface area contributed by atoms with Gasteiger partial charge in [0.2, 0.25) is 0 Å². The van der Waals surface area contributed by atoms with Crippen LogP contribution in [0, 0.1) is 11.2 Å². The van der Waals surface area contributed by atoms with Crippen LogP contribution in [0.2, 0.25) is 0 Å². The Balaban J connectivity index is 2.71. The summed E-state index contributed by atoms with van der Waals surface area (Å²) in [6.07, 6.45) is 0.848. The topological polar surface area (TPSA) is 21.3 Å². The Morgan fingerprint density at radius 2 is 2.06 bits per heavy atom. The second-order valence-electron chi connectivity index (χ2n) is 5.09. The molecule has 1 aromatic rings. The van der Waals surface area contributed by atoms with Crippen LogP contribution in [0.15, 0.2) is 18.2 Å². The van der Waals surface area contributed by atoms with Crippen LogP contribution in [-0.4, -0.2) is 20.2 Å². The number of methoxy groups -OCH3 is 1. The van der Waals surface area contributed by atoms with Crippen molar-refractivity contribution in [1.82, 2.24) is 5.32 Å². The maximum atomic E-state index is 13.5. The summed E-state index contributed by atoms with van der Waals surface area (Å²) in [5, 5.41) is 3.33. The Bertz CT molecular complexity index is 363. The van der Waals surface area contributed by atoms with E-state index in [1.165, 1.54) is 7.11 Å². The molecule has 0 aliphatic heterocycles. The van der Waals surface area contributed by atoms with Crippen LogP contribution >= 0.6 is 0 Å². The predicted molar refractivity (Wildman–Crippen MR) is 69.0 cm³/mol. The van der Waals surface area contributed by atoms with Gasteiger partial charge in [-0.2, -0.15) is 0 Å². The summed E-state index contributed by atoms with van der Waals surface area (Å²) in [5.74, 6) is 0.0162. The van der Waals surface area contributed by atoms with E-state index in [1.54, 1.807) is 12.1 Å². The molecule has 0 aliphatic rings. The smallest absolute Gasteiger partial charge is 0.165 e. The van der Waals surface area contributed by atoms with Crippen molar-refractivity contribution in [2.75, 3.05) is 20.2 Å². The first kappa shape index (κ1) is 14.0. The Labute approximate surface area is 103 Å². The minimum absolute atomic E-state index is 0.122. The van der Waals surface area contributed by atoms with Crippen LogP contribution in [0.3, 0.4) is 0 Å². The van der Waals surface area contributed by atoms with Gasteiger partial charge in [-0.3, -0.25) is 0 Å². The van der Waals surface area contributed by atoms with E-state index in [2.05, 4.69) is 26.1 Å². The average Bonchev–Trinajstić information content (AvgIpc) is 2.26. The lowest BCUT2D eigenvalue weighted by Crippen LogP contribution is -2.31. The van der Waals surface area contributed by atoms with Crippen LogP contribution in [0.5, 0.6) is 5.75 Å². The van der Waals surface area contributed by atoms with Crippen LogP contribution in [0.1, 0.15) is 26.3 Å². The number of hydrogen-bond donors (Lipinski definition) is 1. The summed E-state index contributed by atoms with van der Waals surface area (Å²) >= 11 is 0. The highest BCUT2D eigenvalue weighted by atomic mass is 19.1. The van der Waals surface area contributed by atoms with Crippen molar-refractivity contribution >= 4 is 0 Å². The summed E-state index contributed by atoms with van der Waals surface area (Å²) in [4.78, 5) is 0. The summed E-state index contributed by atoms with van der Waals surface area (Å²) in [7, 11) is 1.48. The molecule has 96 valence electrons. The summed E-state index contributed by atoms with van der Waals surface area (Å²) in [5.41, 5.74) is 1.13. The van der Waals surface area contributed by atoms with Gasteiger partial charge < -0.3 is 10.1 Å². The SMILES string of the molecule is CCNCC(C)(C)Cc1ccc(OC)c(F)c1. The van der Waals surface area contributed by atoms with E-state index < -0.39 is 0 Å².